The Morgan fingerprint density at radius 2 is 2.17 bits per heavy atom. The Morgan fingerprint density at radius 1 is 1.50 bits per heavy atom. The van der Waals surface area contributed by atoms with Gasteiger partial charge in [0.2, 0.25) is 5.91 Å². The number of nitrogens with one attached hydrogen (secondary N) is 1. The summed E-state index contributed by atoms with van der Waals surface area (Å²) in [7, 11) is 0. The molecule has 4 nitrogen and oxygen atoms in total. The van der Waals surface area contributed by atoms with Crippen LogP contribution in [-0.2, 0) is 4.79 Å². The van der Waals surface area contributed by atoms with Gasteiger partial charge in [-0.3, -0.25) is 4.79 Å². The second-order valence-corrected chi connectivity index (χ2v) is 5.42. The van der Waals surface area contributed by atoms with E-state index >= 15 is 0 Å². The lowest BCUT2D eigenvalue weighted by molar-refractivity contribution is -0.120. The zero-order valence-electron chi connectivity index (χ0n) is 10.1. The van der Waals surface area contributed by atoms with Crippen LogP contribution in [0.15, 0.2) is 23.1 Å². The van der Waals surface area contributed by atoms with Crippen molar-refractivity contribution in [3.63, 3.8) is 0 Å². The number of benzene rings is 1. The first-order chi connectivity index (χ1) is 8.45. The van der Waals surface area contributed by atoms with Crippen molar-refractivity contribution in [2.75, 3.05) is 6.54 Å². The smallest absolute Gasteiger partial charge is 0.337 e. The third-order valence-electron chi connectivity index (χ3n) is 2.20. The molecule has 0 aliphatic heterocycles. The van der Waals surface area contributed by atoms with E-state index in [0.717, 1.165) is 0 Å². The van der Waals surface area contributed by atoms with Gasteiger partial charge in [-0.2, -0.15) is 0 Å². The molecule has 18 heavy (non-hydrogen) atoms. The van der Waals surface area contributed by atoms with Gasteiger partial charge < -0.3 is 10.4 Å². The third-order valence-corrected chi connectivity index (χ3v) is 3.62. The van der Waals surface area contributed by atoms with E-state index in [0.29, 0.717) is 11.4 Å². The van der Waals surface area contributed by atoms with Crippen LogP contribution in [0, 0.1) is 0 Å². The number of carbonyl (C=O) groups excluding carboxylic acids is 1. The molecule has 1 amide bonds. The highest BCUT2D eigenvalue weighted by molar-refractivity contribution is 8.00. The van der Waals surface area contributed by atoms with Crippen molar-refractivity contribution in [1.29, 1.82) is 0 Å². The number of carbonyl (C=O) groups is 2. The van der Waals surface area contributed by atoms with E-state index in [2.05, 4.69) is 5.32 Å². The molecule has 1 aromatic rings. The summed E-state index contributed by atoms with van der Waals surface area (Å²) in [5.41, 5.74) is 0.0461. The molecule has 0 aromatic heterocycles. The van der Waals surface area contributed by atoms with Gasteiger partial charge in [-0.25, -0.2) is 4.79 Å². The summed E-state index contributed by atoms with van der Waals surface area (Å²) in [4.78, 5) is 23.2. The molecule has 2 N–H and O–H groups in total. The highest BCUT2D eigenvalue weighted by Crippen LogP contribution is 2.27. The maximum absolute atomic E-state index is 11.6. The Labute approximate surface area is 115 Å². The quantitative estimate of drug-likeness (QED) is 0.817. The van der Waals surface area contributed by atoms with E-state index < -0.39 is 5.97 Å². The number of carboxylic acid groups (broad SMARTS) is 1. The Hall–Kier alpha value is -1.20. The van der Waals surface area contributed by atoms with Crippen molar-refractivity contribution in [2.45, 2.75) is 24.0 Å². The van der Waals surface area contributed by atoms with Gasteiger partial charge in [0, 0.05) is 11.4 Å². The van der Waals surface area contributed by atoms with Gasteiger partial charge in [-0.05, 0) is 32.0 Å². The molecular weight excluding hydrogens is 274 g/mol. The fraction of sp³-hybridized carbons (Fsp3) is 0.333. The summed E-state index contributed by atoms with van der Waals surface area (Å²) < 4.78 is 0. The van der Waals surface area contributed by atoms with E-state index in [1.807, 2.05) is 6.92 Å². The van der Waals surface area contributed by atoms with Crippen LogP contribution in [0.5, 0.6) is 0 Å². The van der Waals surface area contributed by atoms with Crippen LogP contribution >= 0.6 is 23.4 Å². The average molecular weight is 288 g/mol. The van der Waals surface area contributed by atoms with Gasteiger partial charge in [-0.15, -0.1) is 11.8 Å². The molecule has 0 aliphatic carbocycles. The molecule has 0 bridgehead atoms. The average Bonchev–Trinajstić information content (AvgIpc) is 2.31. The van der Waals surface area contributed by atoms with Gasteiger partial charge in [0.1, 0.15) is 0 Å². The predicted molar refractivity (Wildman–Crippen MR) is 72.4 cm³/mol. The van der Waals surface area contributed by atoms with Crippen LogP contribution in [0.1, 0.15) is 24.2 Å². The molecule has 0 fully saturated rings. The molecule has 0 heterocycles. The number of hydrogen-bond donors (Lipinski definition) is 2. The Balaban J connectivity index is 2.82. The van der Waals surface area contributed by atoms with Gasteiger partial charge in [0.15, 0.2) is 0 Å². The highest BCUT2D eigenvalue weighted by atomic mass is 35.5. The molecule has 1 rings (SSSR count). The first kappa shape index (κ1) is 14.9. The summed E-state index contributed by atoms with van der Waals surface area (Å²) in [5.74, 6) is -1.15. The number of halogens is 1. The fourth-order valence-corrected chi connectivity index (χ4v) is 2.45. The van der Waals surface area contributed by atoms with Gasteiger partial charge >= 0.3 is 5.97 Å². The largest absolute Gasteiger partial charge is 0.478 e. The zero-order chi connectivity index (χ0) is 13.7. The highest BCUT2D eigenvalue weighted by Gasteiger charge is 2.15. The predicted octanol–water partition coefficient (Wildman–Crippen LogP) is 2.65. The monoisotopic (exact) mass is 287 g/mol. The fourth-order valence-electron chi connectivity index (χ4n) is 1.32. The van der Waals surface area contributed by atoms with Crippen molar-refractivity contribution >= 4 is 35.2 Å². The molecule has 1 atom stereocenters. The van der Waals surface area contributed by atoms with E-state index in [9.17, 15) is 9.59 Å². The van der Waals surface area contributed by atoms with E-state index in [1.165, 1.54) is 23.9 Å². The molecule has 0 spiro atoms. The summed E-state index contributed by atoms with van der Waals surface area (Å²) >= 11 is 7.07. The summed E-state index contributed by atoms with van der Waals surface area (Å²) in [6.07, 6.45) is 0. The first-order valence-corrected chi connectivity index (χ1v) is 6.68. The molecule has 1 unspecified atom stereocenters. The van der Waals surface area contributed by atoms with Crippen molar-refractivity contribution in [3.8, 4) is 0 Å². The molecule has 6 heteroatoms. The lowest BCUT2D eigenvalue weighted by atomic mass is 10.2. The molecule has 0 saturated carbocycles. The minimum atomic E-state index is -1.08. The number of thioether (sulfide) groups is 1. The second kappa shape index (κ2) is 6.66. The van der Waals surface area contributed by atoms with E-state index in [4.69, 9.17) is 16.7 Å². The van der Waals surface area contributed by atoms with E-state index in [-0.39, 0.29) is 21.7 Å². The van der Waals surface area contributed by atoms with Crippen LogP contribution in [-0.4, -0.2) is 28.8 Å². The molecule has 0 aliphatic rings. The van der Waals surface area contributed by atoms with Gasteiger partial charge in [0.25, 0.3) is 0 Å². The van der Waals surface area contributed by atoms with Gasteiger partial charge in [0.05, 0.1) is 15.8 Å². The van der Waals surface area contributed by atoms with Gasteiger partial charge in [-0.1, -0.05) is 11.6 Å². The molecule has 1 aromatic carbocycles. The topological polar surface area (TPSA) is 66.4 Å². The molecule has 0 saturated heterocycles. The lowest BCUT2D eigenvalue weighted by Gasteiger charge is -2.11. The number of amides is 1. The first-order valence-electron chi connectivity index (χ1n) is 5.43. The second-order valence-electron chi connectivity index (χ2n) is 3.60. The Morgan fingerprint density at radius 3 is 2.72 bits per heavy atom. The van der Waals surface area contributed by atoms with Crippen LogP contribution in [0.3, 0.4) is 0 Å². The number of rotatable bonds is 5. The zero-order valence-corrected chi connectivity index (χ0v) is 11.6. The standard InChI is InChI=1S/C12H14ClNO3S/c1-3-14-11(15)7(2)18-8-4-5-10(13)9(6-8)12(16)17/h4-7H,3H2,1-2H3,(H,14,15)(H,16,17). The van der Waals surface area contributed by atoms with Crippen LogP contribution in [0.25, 0.3) is 0 Å². The number of aromatic carboxylic acids is 1. The maximum atomic E-state index is 11.6. The van der Waals surface area contributed by atoms with Crippen LogP contribution < -0.4 is 5.32 Å². The number of hydrogen-bond acceptors (Lipinski definition) is 3. The Kier molecular flexibility index (Phi) is 5.50. The molecular formula is C12H14ClNO3S. The van der Waals surface area contributed by atoms with Crippen molar-refractivity contribution < 1.29 is 14.7 Å². The van der Waals surface area contributed by atoms with E-state index in [1.54, 1.807) is 13.0 Å². The van der Waals surface area contributed by atoms with Crippen LogP contribution in [0.4, 0.5) is 0 Å². The summed E-state index contributed by atoms with van der Waals surface area (Å²) in [6, 6.07) is 4.71. The van der Waals surface area contributed by atoms with Crippen LogP contribution in [0.2, 0.25) is 5.02 Å². The maximum Gasteiger partial charge on any atom is 0.337 e. The van der Waals surface area contributed by atoms with Crippen molar-refractivity contribution in [3.05, 3.63) is 28.8 Å². The Bertz CT molecular complexity index is 465. The summed E-state index contributed by atoms with van der Waals surface area (Å²) in [6.45, 7) is 4.19. The normalized spacial score (nSPS) is 11.9. The molecule has 98 valence electrons. The van der Waals surface area contributed by atoms with Crippen molar-refractivity contribution in [1.82, 2.24) is 5.32 Å². The number of carboxylic acids is 1. The minimum Gasteiger partial charge on any atom is -0.478 e. The minimum absolute atomic E-state index is 0.0461. The third kappa shape index (κ3) is 3.92. The SMILES string of the molecule is CCNC(=O)C(C)Sc1ccc(Cl)c(C(=O)O)c1. The summed E-state index contributed by atoms with van der Waals surface area (Å²) in [5, 5.41) is 11.6. The lowest BCUT2D eigenvalue weighted by Crippen LogP contribution is -2.30. The molecule has 0 radical (unpaired) electrons. The van der Waals surface area contributed by atoms with Crippen molar-refractivity contribution in [2.24, 2.45) is 0 Å².